The van der Waals surface area contributed by atoms with Gasteiger partial charge in [0.1, 0.15) is 0 Å². The van der Waals surface area contributed by atoms with Crippen molar-refractivity contribution in [1.29, 1.82) is 0 Å². The number of hydrogen-bond donors (Lipinski definition) is 1. The number of hydrogen-bond acceptors (Lipinski definition) is 3. The normalized spacial score (nSPS) is 12.2. The molecular weight excluding hydrogens is 254 g/mol. The topological polar surface area (TPSA) is 58.4 Å². The van der Waals surface area contributed by atoms with E-state index in [-0.39, 0.29) is 5.41 Å². The van der Waals surface area contributed by atoms with Gasteiger partial charge in [0.2, 0.25) is 0 Å². The number of nitrogens with zero attached hydrogens (tertiary/aromatic N) is 3. The molecule has 1 aromatic heterocycles. The second-order valence-corrected chi connectivity index (χ2v) is 6.25. The summed E-state index contributed by atoms with van der Waals surface area (Å²) in [6, 6.07) is 5.20. The molecule has 2 rings (SSSR count). The smallest absolute Gasteiger partial charge is 0.337 e. The second-order valence-electron chi connectivity index (χ2n) is 6.25. The Morgan fingerprint density at radius 1 is 1.40 bits per heavy atom. The Balaban J connectivity index is 2.43. The minimum absolute atomic E-state index is 0.0305. The Morgan fingerprint density at radius 2 is 2.10 bits per heavy atom. The molecule has 0 aliphatic carbocycles. The summed E-state index contributed by atoms with van der Waals surface area (Å²) in [6.07, 6.45) is 1.73. The third-order valence-electron chi connectivity index (χ3n) is 3.21. The molecule has 0 bridgehead atoms. The zero-order chi connectivity index (χ0) is 14.9. The largest absolute Gasteiger partial charge is 0.478 e. The molecule has 0 saturated heterocycles. The lowest BCUT2D eigenvalue weighted by Gasteiger charge is -2.29. The molecule has 0 amide bonds. The van der Waals surface area contributed by atoms with Crippen molar-refractivity contribution in [2.75, 3.05) is 20.6 Å². The average Bonchev–Trinajstić information content (AvgIpc) is 2.69. The number of para-hydroxylation sites is 1. The molecule has 0 radical (unpaired) electrons. The number of aromatic carboxylic acids is 1. The SMILES string of the molecule is CN(C)CC(C)(C)Cn1cnc2cccc(C(=O)O)c21. The van der Waals surface area contributed by atoms with Gasteiger partial charge in [-0.2, -0.15) is 0 Å². The lowest BCUT2D eigenvalue weighted by Crippen LogP contribution is -2.32. The molecule has 1 aromatic carbocycles. The fraction of sp³-hybridized carbons (Fsp3) is 0.467. The predicted octanol–water partition coefficient (Wildman–Crippen LogP) is 2.32. The molecule has 1 N–H and O–H groups in total. The molecule has 0 saturated carbocycles. The van der Waals surface area contributed by atoms with Crippen molar-refractivity contribution < 1.29 is 9.90 Å². The molecule has 2 aromatic rings. The Kier molecular flexibility index (Phi) is 3.81. The van der Waals surface area contributed by atoms with Crippen LogP contribution in [0.4, 0.5) is 0 Å². The number of carbonyl (C=O) groups is 1. The highest BCUT2D eigenvalue weighted by atomic mass is 16.4. The first kappa shape index (κ1) is 14.5. The van der Waals surface area contributed by atoms with Crippen molar-refractivity contribution in [2.24, 2.45) is 5.41 Å². The van der Waals surface area contributed by atoms with Crippen molar-refractivity contribution >= 4 is 17.0 Å². The molecule has 20 heavy (non-hydrogen) atoms. The minimum Gasteiger partial charge on any atom is -0.478 e. The van der Waals surface area contributed by atoms with E-state index in [0.717, 1.165) is 18.6 Å². The number of carboxylic acid groups (broad SMARTS) is 1. The van der Waals surface area contributed by atoms with Crippen LogP contribution in [0.5, 0.6) is 0 Å². The highest BCUT2D eigenvalue weighted by Gasteiger charge is 2.22. The van der Waals surface area contributed by atoms with E-state index in [0.29, 0.717) is 11.1 Å². The Morgan fingerprint density at radius 3 is 2.70 bits per heavy atom. The standard InChI is InChI=1S/C15H21N3O2/c1-15(2,8-17(3)4)9-18-10-16-12-7-5-6-11(13(12)18)14(19)20/h5-7,10H,8-9H2,1-4H3,(H,19,20). The summed E-state index contributed by atoms with van der Waals surface area (Å²) in [5.41, 5.74) is 1.76. The monoisotopic (exact) mass is 275 g/mol. The molecule has 108 valence electrons. The van der Waals surface area contributed by atoms with E-state index >= 15 is 0 Å². The van der Waals surface area contributed by atoms with Gasteiger partial charge in [-0.25, -0.2) is 9.78 Å². The quantitative estimate of drug-likeness (QED) is 0.909. The van der Waals surface area contributed by atoms with Gasteiger partial charge in [-0.1, -0.05) is 19.9 Å². The van der Waals surface area contributed by atoms with E-state index in [9.17, 15) is 9.90 Å². The van der Waals surface area contributed by atoms with Gasteiger partial charge < -0.3 is 14.6 Å². The highest BCUT2D eigenvalue weighted by molar-refractivity contribution is 6.01. The fourth-order valence-corrected chi connectivity index (χ4v) is 2.79. The van der Waals surface area contributed by atoms with Gasteiger partial charge >= 0.3 is 5.97 Å². The summed E-state index contributed by atoms with van der Waals surface area (Å²) in [6.45, 7) is 5.98. The van der Waals surface area contributed by atoms with Crippen molar-refractivity contribution in [3.8, 4) is 0 Å². The molecule has 0 unspecified atom stereocenters. The lowest BCUT2D eigenvalue weighted by molar-refractivity contribution is 0.0698. The fourth-order valence-electron chi connectivity index (χ4n) is 2.79. The third-order valence-corrected chi connectivity index (χ3v) is 3.21. The number of rotatable bonds is 5. The van der Waals surface area contributed by atoms with Gasteiger partial charge in [0.25, 0.3) is 0 Å². The molecule has 0 aliphatic rings. The van der Waals surface area contributed by atoms with Crippen molar-refractivity contribution in [1.82, 2.24) is 14.5 Å². The number of imidazole rings is 1. The summed E-state index contributed by atoms with van der Waals surface area (Å²) in [5.74, 6) is -0.914. The zero-order valence-electron chi connectivity index (χ0n) is 12.4. The maximum Gasteiger partial charge on any atom is 0.337 e. The van der Waals surface area contributed by atoms with Crippen LogP contribution in [0.2, 0.25) is 0 Å². The zero-order valence-corrected chi connectivity index (χ0v) is 12.4. The van der Waals surface area contributed by atoms with Crippen LogP contribution in [0.1, 0.15) is 24.2 Å². The van der Waals surface area contributed by atoms with Crippen LogP contribution < -0.4 is 0 Å². The first-order valence-electron chi connectivity index (χ1n) is 6.62. The lowest BCUT2D eigenvalue weighted by atomic mass is 9.92. The molecule has 1 heterocycles. The van der Waals surface area contributed by atoms with Crippen molar-refractivity contribution in [3.05, 3.63) is 30.1 Å². The van der Waals surface area contributed by atoms with E-state index in [1.807, 2.05) is 24.7 Å². The van der Waals surface area contributed by atoms with Gasteiger partial charge in [-0.15, -0.1) is 0 Å². The maximum absolute atomic E-state index is 11.4. The van der Waals surface area contributed by atoms with Crippen LogP contribution in [0.3, 0.4) is 0 Å². The van der Waals surface area contributed by atoms with E-state index in [1.54, 1.807) is 18.5 Å². The number of carboxylic acids is 1. The van der Waals surface area contributed by atoms with Gasteiger partial charge in [0.15, 0.2) is 0 Å². The predicted molar refractivity (Wildman–Crippen MR) is 79.0 cm³/mol. The summed E-state index contributed by atoms with van der Waals surface area (Å²) < 4.78 is 1.95. The molecule has 0 aliphatic heterocycles. The van der Waals surface area contributed by atoms with Gasteiger partial charge in [-0.05, 0) is 31.6 Å². The van der Waals surface area contributed by atoms with Crippen molar-refractivity contribution in [2.45, 2.75) is 20.4 Å². The first-order chi connectivity index (χ1) is 9.30. The van der Waals surface area contributed by atoms with Crippen LogP contribution in [-0.2, 0) is 6.54 Å². The second kappa shape index (κ2) is 5.25. The number of fused-ring (bicyclic) bond motifs is 1. The summed E-state index contributed by atoms with van der Waals surface area (Å²) in [4.78, 5) is 17.8. The minimum atomic E-state index is -0.914. The van der Waals surface area contributed by atoms with Gasteiger partial charge in [0.05, 0.1) is 22.9 Å². The third kappa shape index (κ3) is 2.99. The van der Waals surface area contributed by atoms with E-state index in [2.05, 4.69) is 23.7 Å². The summed E-state index contributed by atoms with van der Waals surface area (Å²) in [5, 5.41) is 9.32. The van der Waals surface area contributed by atoms with Gasteiger partial charge in [0, 0.05) is 13.1 Å². The van der Waals surface area contributed by atoms with Crippen LogP contribution in [0.25, 0.3) is 11.0 Å². The number of benzene rings is 1. The molecule has 0 fully saturated rings. The average molecular weight is 275 g/mol. The van der Waals surface area contributed by atoms with E-state index in [4.69, 9.17) is 0 Å². The van der Waals surface area contributed by atoms with Crippen LogP contribution >= 0.6 is 0 Å². The Bertz CT molecular complexity index is 629. The number of aromatic nitrogens is 2. The highest BCUT2D eigenvalue weighted by Crippen LogP contribution is 2.24. The Labute approximate surface area is 118 Å². The maximum atomic E-state index is 11.4. The van der Waals surface area contributed by atoms with Crippen LogP contribution in [-0.4, -0.2) is 46.2 Å². The van der Waals surface area contributed by atoms with E-state index in [1.165, 1.54) is 0 Å². The van der Waals surface area contributed by atoms with E-state index < -0.39 is 5.97 Å². The summed E-state index contributed by atoms with van der Waals surface area (Å²) >= 11 is 0. The van der Waals surface area contributed by atoms with Crippen LogP contribution in [0, 0.1) is 5.41 Å². The molecule has 5 heteroatoms. The molecule has 0 spiro atoms. The summed E-state index contributed by atoms with van der Waals surface area (Å²) in [7, 11) is 4.08. The van der Waals surface area contributed by atoms with Crippen LogP contribution in [0.15, 0.2) is 24.5 Å². The first-order valence-corrected chi connectivity index (χ1v) is 6.62. The molecule has 5 nitrogen and oxygen atoms in total. The van der Waals surface area contributed by atoms with Gasteiger partial charge in [-0.3, -0.25) is 0 Å². The Hall–Kier alpha value is -1.88. The van der Waals surface area contributed by atoms with Crippen molar-refractivity contribution in [3.63, 3.8) is 0 Å². The molecule has 0 atom stereocenters. The molecular formula is C15H21N3O2.